The van der Waals surface area contributed by atoms with Crippen molar-refractivity contribution in [2.24, 2.45) is 0 Å². The Labute approximate surface area is 161 Å². The van der Waals surface area contributed by atoms with Gasteiger partial charge in [-0.15, -0.1) is 0 Å². The van der Waals surface area contributed by atoms with Crippen molar-refractivity contribution in [3.8, 4) is 0 Å². The van der Waals surface area contributed by atoms with Crippen LogP contribution in [-0.2, 0) is 9.47 Å². The fraction of sp³-hybridized carbons (Fsp3) is 0.619. The van der Waals surface area contributed by atoms with E-state index in [1.165, 1.54) is 0 Å². The van der Waals surface area contributed by atoms with Crippen molar-refractivity contribution in [3.63, 3.8) is 0 Å². The molecule has 6 heteroatoms. The monoisotopic (exact) mass is 374 g/mol. The molecule has 3 atom stereocenters. The van der Waals surface area contributed by atoms with Gasteiger partial charge < -0.3 is 9.47 Å². The van der Waals surface area contributed by atoms with Gasteiger partial charge in [0.05, 0.1) is 5.69 Å². The SMILES string of the molecule is C[C@@H]1C[C@@H]2c3ccccc3N(C(=O)OC(C)(C)C)[C@@H]2N1C(=O)OC(C)(C)C. The van der Waals surface area contributed by atoms with E-state index in [9.17, 15) is 9.59 Å². The third-order valence-electron chi connectivity index (χ3n) is 4.77. The first-order valence-electron chi connectivity index (χ1n) is 9.51. The Balaban J connectivity index is 2.00. The van der Waals surface area contributed by atoms with Crippen LogP contribution in [-0.4, -0.2) is 40.5 Å². The molecule has 148 valence electrons. The summed E-state index contributed by atoms with van der Waals surface area (Å²) in [4.78, 5) is 29.3. The highest BCUT2D eigenvalue weighted by molar-refractivity contribution is 5.93. The minimum Gasteiger partial charge on any atom is -0.444 e. The number of carbonyl (C=O) groups is 2. The lowest BCUT2D eigenvalue weighted by Gasteiger charge is -2.36. The standard InChI is InChI=1S/C21H30N2O4/c1-13-12-15-14-10-8-9-11-16(14)23(19(25)27-21(5,6)7)17(15)22(13)18(24)26-20(2,3)4/h8-11,13,15,17H,12H2,1-7H3/t13-,15-,17+/m1/s1. The summed E-state index contributed by atoms with van der Waals surface area (Å²) in [7, 11) is 0. The molecule has 0 spiro atoms. The molecular weight excluding hydrogens is 344 g/mol. The zero-order valence-electron chi connectivity index (χ0n) is 17.3. The zero-order valence-corrected chi connectivity index (χ0v) is 17.3. The van der Waals surface area contributed by atoms with Crippen molar-refractivity contribution in [1.82, 2.24) is 4.90 Å². The van der Waals surface area contributed by atoms with Crippen LogP contribution in [0.5, 0.6) is 0 Å². The Hall–Kier alpha value is -2.24. The molecule has 0 radical (unpaired) electrons. The number of hydrogen-bond donors (Lipinski definition) is 0. The molecule has 2 aliphatic rings. The fourth-order valence-corrected chi connectivity index (χ4v) is 3.93. The van der Waals surface area contributed by atoms with Gasteiger partial charge in [-0.3, -0.25) is 9.80 Å². The molecule has 1 aromatic rings. The van der Waals surface area contributed by atoms with E-state index in [-0.39, 0.29) is 12.0 Å². The molecule has 0 aliphatic carbocycles. The van der Waals surface area contributed by atoms with Crippen molar-refractivity contribution in [1.29, 1.82) is 0 Å². The summed E-state index contributed by atoms with van der Waals surface area (Å²) in [6.45, 7) is 13.1. The number of amides is 2. The van der Waals surface area contributed by atoms with Crippen LogP contribution in [0.3, 0.4) is 0 Å². The molecule has 1 aromatic carbocycles. The third-order valence-corrected chi connectivity index (χ3v) is 4.77. The minimum absolute atomic E-state index is 0.0341. The lowest BCUT2D eigenvalue weighted by atomic mass is 9.97. The maximum atomic E-state index is 13.1. The van der Waals surface area contributed by atoms with E-state index in [4.69, 9.17) is 9.47 Å². The van der Waals surface area contributed by atoms with Gasteiger partial charge >= 0.3 is 12.2 Å². The number of carbonyl (C=O) groups excluding carboxylic acids is 2. The van der Waals surface area contributed by atoms with Crippen LogP contribution in [0.15, 0.2) is 24.3 Å². The van der Waals surface area contributed by atoms with E-state index >= 15 is 0 Å². The Bertz CT molecular complexity index is 747. The van der Waals surface area contributed by atoms with Crippen LogP contribution in [0.4, 0.5) is 15.3 Å². The average molecular weight is 374 g/mol. The van der Waals surface area contributed by atoms with Gasteiger partial charge in [-0.2, -0.15) is 0 Å². The Kier molecular flexibility index (Phi) is 4.65. The number of hydrogen-bond acceptors (Lipinski definition) is 4. The first-order chi connectivity index (χ1) is 12.4. The molecule has 1 fully saturated rings. The second kappa shape index (κ2) is 6.43. The number of rotatable bonds is 0. The number of nitrogens with zero attached hydrogens (tertiary/aromatic N) is 2. The van der Waals surface area contributed by atoms with Gasteiger partial charge in [-0.1, -0.05) is 18.2 Å². The highest BCUT2D eigenvalue weighted by Gasteiger charge is 2.54. The molecule has 3 rings (SSSR count). The van der Waals surface area contributed by atoms with Gasteiger partial charge in [0.25, 0.3) is 0 Å². The number of para-hydroxylation sites is 1. The molecule has 0 bridgehead atoms. The van der Waals surface area contributed by atoms with Crippen molar-refractivity contribution < 1.29 is 19.1 Å². The normalized spacial score (nSPS) is 24.5. The molecule has 1 saturated heterocycles. The van der Waals surface area contributed by atoms with Gasteiger partial charge in [-0.25, -0.2) is 9.59 Å². The molecule has 2 amide bonds. The Morgan fingerprint density at radius 2 is 1.52 bits per heavy atom. The second-order valence-corrected chi connectivity index (χ2v) is 9.40. The molecule has 6 nitrogen and oxygen atoms in total. The summed E-state index contributed by atoms with van der Waals surface area (Å²) in [5.41, 5.74) is 0.663. The Morgan fingerprint density at radius 1 is 0.963 bits per heavy atom. The zero-order chi connectivity index (χ0) is 20.1. The van der Waals surface area contributed by atoms with Crippen molar-refractivity contribution in [2.45, 2.75) is 84.2 Å². The van der Waals surface area contributed by atoms with Crippen LogP contribution in [0, 0.1) is 0 Å². The summed E-state index contributed by atoms with van der Waals surface area (Å²) in [6.07, 6.45) is -0.490. The van der Waals surface area contributed by atoms with E-state index < -0.39 is 29.6 Å². The number of likely N-dealkylation sites (tertiary alicyclic amines) is 1. The van der Waals surface area contributed by atoms with Gasteiger partial charge in [0, 0.05) is 12.0 Å². The van der Waals surface area contributed by atoms with Crippen LogP contribution in [0.25, 0.3) is 0 Å². The van der Waals surface area contributed by atoms with Crippen molar-refractivity contribution >= 4 is 17.9 Å². The van der Waals surface area contributed by atoms with Gasteiger partial charge in [0.1, 0.15) is 17.4 Å². The summed E-state index contributed by atoms with van der Waals surface area (Å²) < 4.78 is 11.3. The molecule has 27 heavy (non-hydrogen) atoms. The largest absolute Gasteiger partial charge is 0.444 e. The van der Waals surface area contributed by atoms with Crippen LogP contribution < -0.4 is 4.90 Å². The topological polar surface area (TPSA) is 59.1 Å². The van der Waals surface area contributed by atoms with E-state index in [0.29, 0.717) is 0 Å². The van der Waals surface area contributed by atoms with Crippen LogP contribution >= 0.6 is 0 Å². The van der Waals surface area contributed by atoms with E-state index in [1.807, 2.05) is 72.7 Å². The highest BCUT2D eigenvalue weighted by atomic mass is 16.6. The summed E-state index contributed by atoms with van der Waals surface area (Å²) in [5, 5.41) is 0. The number of ether oxygens (including phenoxy) is 2. The highest BCUT2D eigenvalue weighted by Crippen LogP contribution is 2.50. The minimum atomic E-state index is -0.620. The predicted octanol–water partition coefficient (Wildman–Crippen LogP) is 4.88. The molecule has 2 aliphatic heterocycles. The average Bonchev–Trinajstić information content (AvgIpc) is 2.96. The molecule has 0 saturated carbocycles. The molecular formula is C21H30N2O4. The quantitative estimate of drug-likeness (QED) is 0.649. The van der Waals surface area contributed by atoms with E-state index in [1.54, 1.807) is 9.80 Å². The summed E-state index contributed by atoms with van der Waals surface area (Å²) in [6, 6.07) is 7.78. The van der Waals surface area contributed by atoms with Gasteiger partial charge in [0.2, 0.25) is 0 Å². The summed E-state index contributed by atoms with van der Waals surface area (Å²) >= 11 is 0. The fourth-order valence-electron chi connectivity index (χ4n) is 3.93. The van der Waals surface area contributed by atoms with Gasteiger partial charge in [0.15, 0.2) is 0 Å². The van der Waals surface area contributed by atoms with Crippen molar-refractivity contribution in [2.75, 3.05) is 4.90 Å². The number of benzene rings is 1. The van der Waals surface area contributed by atoms with Crippen LogP contribution in [0.1, 0.15) is 66.4 Å². The van der Waals surface area contributed by atoms with E-state index in [2.05, 4.69) is 0 Å². The number of fused-ring (bicyclic) bond motifs is 3. The molecule has 0 aromatic heterocycles. The van der Waals surface area contributed by atoms with E-state index in [0.717, 1.165) is 17.7 Å². The Morgan fingerprint density at radius 3 is 2.11 bits per heavy atom. The van der Waals surface area contributed by atoms with Crippen LogP contribution in [0.2, 0.25) is 0 Å². The second-order valence-electron chi connectivity index (χ2n) is 9.40. The first kappa shape index (κ1) is 19.5. The summed E-state index contributed by atoms with van der Waals surface area (Å²) in [5.74, 6) is 0.0521. The predicted molar refractivity (Wildman–Crippen MR) is 104 cm³/mol. The first-order valence-corrected chi connectivity index (χ1v) is 9.51. The molecule has 2 heterocycles. The molecule has 0 N–H and O–H groups in total. The lowest BCUT2D eigenvalue weighted by molar-refractivity contribution is 0.0138. The maximum Gasteiger partial charge on any atom is 0.416 e. The maximum absolute atomic E-state index is 13.1. The van der Waals surface area contributed by atoms with Gasteiger partial charge in [-0.05, 0) is 66.5 Å². The third kappa shape index (κ3) is 3.75. The van der Waals surface area contributed by atoms with Crippen molar-refractivity contribution in [3.05, 3.63) is 29.8 Å². The smallest absolute Gasteiger partial charge is 0.416 e. The number of anilines is 1. The molecule has 0 unspecified atom stereocenters. The lowest BCUT2D eigenvalue weighted by Crippen LogP contribution is -2.53.